The molecule has 0 radical (unpaired) electrons. The van der Waals surface area contributed by atoms with E-state index in [1.807, 2.05) is 19.1 Å². The third-order valence-corrected chi connectivity index (χ3v) is 2.42. The Morgan fingerprint density at radius 3 is 2.12 bits per heavy atom. The van der Waals surface area contributed by atoms with E-state index >= 15 is 0 Å². The molecule has 1 aromatic carbocycles. The van der Waals surface area contributed by atoms with Gasteiger partial charge in [0.25, 0.3) is 0 Å². The molecule has 0 heterocycles. The number of aryl methyl sites for hydroxylation is 1. The van der Waals surface area contributed by atoms with Crippen LogP contribution in [0.15, 0.2) is 24.3 Å². The van der Waals surface area contributed by atoms with Crippen molar-refractivity contribution >= 4 is 5.78 Å². The summed E-state index contributed by atoms with van der Waals surface area (Å²) in [5, 5.41) is 8.76. The number of benzene rings is 1. The van der Waals surface area contributed by atoms with Crippen LogP contribution >= 0.6 is 0 Å². The lowest BCUT2D eigenvalue weighted by atomic mass is 10.1. The molecule has 0 aliphatic carbocycles. The predicted molar refractivity (Wildman–Crippen MR) is 72.3 cm³/mol. The van der Waals surface area contributed by atoms with Gasteiger partial charge in [0.05, 0.1) is 0 Å². The van der Waals surface area contributed by atoms with E-state index < -0.39 is 0 Å². The fourth-order valence-electron chi connectivity index (χ4n) is 1.35. The Kier molecular flexibility index (Phi) is 9.12. The van der Waals surface area contributed by atoms with Crippen LogP contribution in [-0.2, 0) is 4.79 Å². The topological polar surface area (TPSA) is 37.3 Å². The van der Waals surface area contributed by atoms with E-state index in [4.69, 9.17) is 5.11 Å². The SMILES string of the molecule is CCCCCCC(C)=O.Cc1ccc(O)cc1. The number of aromatic hydroxyl groups is 1. The van der Waals surface area contributed by atoms with Crippen LogP contribution in [0.1, 0.15) is 51.5 Å². The number of hydrogen-bond donors (Lipinski definition) is 1. The predicted octanol–water partition coefficient (Wildman–Crippen LogP) is 4.25. The van der Waals surface area contributed by atoms with Gasteiger partial charge in [-0.2, -0.15) is 0 Å². The number of unbranched alkanes of at least 4 members (excludes halogenated alkanes) is 3. The van der Waals surface area contributed by atoms with Crippen molar-refractivity contribution in [3.8, 4) is 5.75 Å². The first-order valence-corrected chi connectivity index (χ1v) is 6.31. The third-order valence-electron chi connectivity index (χ3n) is 2.42. The van der Waals surface area contributed by atoms with Crippen molar-refractivity contribution in [1.82, 2.24) is 0 Å². The number of phenols is 1. The first-order valence-electron chi connectivity index (χ1n) is 6.31. The molecule has 0 saturated carbocycles. The van der Waals surface area contributed by atoms with Gasteiger partial charge < -0.3 is 9.90 Å². The molecule has 1 rings (SSSR count). The lowest BCUT2D eigenvalue weighted by molar-refractivity contribution is -0.117. The Balaban J connectivity index is 0.000000302. The van der Waals surface area contributed by atoms with Crippen LogP contribution in [0, 0.1) is 6.92 Å². The monoisotopic (exact) mass is 236 g/mol. The zero-order chi connectivity index (χ0) is 13.1. The molecule has 0 bridgehead atoms. The Bertz CT molecular complexity index is 280. The second-order valence-corrected chi connectivity index (χ2v) is 4.35. The standard InChI is InChI=1S/C8H16O.C7H8O/c1-3-4-5-6-7-8(2)9;1-6-2-4-7(8)5-3-6/h3-7H2,1-2H3;2-5,8H,1H3. The maximum Gasteiger partial charge on any atom is 0.129 e. The largest absolute Gasteiger partial charge is 0.508 e. The zero-order valence-corrected chi connectivity index (χ0v) is 11.2. The number of carbonyl (C=O) groups excluding carboxylic acids is 1. The van der Waals surface area contributed by atoms with Gasteiger partial charge in [0.15, 0.2) is 0 Å². The van der Waals surface area contributed by atoms with Crippen LogP contribution in [0.25, 0.3) is 0 Å². The van der Waals surface area contributed by atoms with Crippen molar-refractivity contribution in [3.63, 3.8) is 0 Å². The minimum absolute atomic E-state index is 0.325. The molecule has 0 unspecified atom stereocenters. The van der Waals surface area contributed by atoms with Crippen molar-refractivity contribution < 1.29 is 9.90 Å². The maximum absolute atomic E-state index is 10.4. The highest BCUT2D eigenvalue weighted by Gasteiger charge is 1.91. The number of hydrogen-bond acceptors (Lipinski definition) is 2. The first-order chi connectivity index (χ1) is 8.06. The molecule has 0 atom stereocenters. The van der Waals surface area contributed by atoms with Gasteiger partial charge in [-0.3, -0.25) is 0 Å². The molecule has 1 aromatic rings. The summed E-state index contributed by atoms with van der Waals surface area (Å²) < 4.78 is 0. The van der Waals surface area contributed by atoms with E-state index in [1.54, 1.807) is 19.1 Å². The van der Waals surface area contributed by atoms with Crippen molar-refractivity contribution in [2.75, 3.05) is 0 Å². The summed E-state index contributed by atoms with van der Waals surface area (Å²) in [6.45, 7) is 5.82. The molecule has 2 nitrogen and oxygen atoms in total. The summed E-state index contributed by atoms with van der Waals surface area (Å²) in [6, 6.07) is 7.09. The summed E-state index contributed by atoms with van der Waals surface area (Å²) in [4.78, 5) is 10.4. The van der Waals surface area contributed by atoms with Gasteiger partial charge in [0.1, 0.15) is 11.5 Å². The number of rotatable bonds is 5. The van der Waals surface area contributed by atoms with Gasteiger partial charge in [0, 0.05) is 6.42 Å². The summed E-state index contributed by atoms with van der Waals surface area (Å²) in [7, 11) is 0. The number of phenolic OH excluding ortho intramolecular Hbond substituents is 1. The van der Waals surface area contributed by atoms with Gasteiger partial charge in [-0.15, -0.1) is 0 Å². The molecule has 0 saturated heterocycles. The molecular weight excluding hydrogens is 212 g/mol. The highest BCUT2D eigenvalue weighted by atomic mass is 16.3. The Morgan fingerprint density at radius 1 is 1.12 bits per heavy atom. The number of carbonyl (C=O) groups is 1. The summed E-state index contributed by atoms with van der Waals surface area (Å²) in [5.74, 6) is 0.654. The van der Waals surface area contributed by atoms with Crippen LogP contribution < -0.4 is 0 Å². The van der Waals surface area contributed by atoms with Gasteiger partial charge >= 0.3 is 0 Å². The van der Waals surface area contributed by atoms with Gasteiger partial charge in [0.2, 0.25) is 0 Å². The Labute approximate surface area is 105 Å². The van der Waals surface area contributed by atoms with E-state index in [-0.39, 0.29) is 0 Å². The van der Waals surface area contributed by atoms with Crippen molar-refractivity contribution in [2.45, 2.75) is 52.9 Å². The van der Waals surface area contributed by atoms with E-state index in [0.717, 1.165) is 12.8 Å². The maximum atomic E-state index is 10.4. The fourth-order valence-corrected chi connectivity index (χ4v) is 1.35. The number of Topliss-reactive ketones (excluding diaryl/α,β-unsaturated/α-hetero) is 1. The van der Waals surface area contributed by atoms with Gasteiger partial charge in [-0.25, -0.2) is 0 Å². The molecule has 0 aromatic heterocycles. The highest BCUT2D eigenvalue weighted by Crippen LogP contribution is 2.07. The molecular formula is C15H24O2. The van der Waals surface area contributed by atoms with Crippen LogP contribution in [-0.4, -0.2) is 10.9 Å². The summed E-state index contributed by atoms with van der Waals surface area (Å²) >= 11 is 0. The minimum atomic E-state index is 0.325. The molecule has 0 aliphatic heterocycles. The lowest BCUT2D eigenvalue weighted by Gasteiger charge is -1.93. The van der Waals surface area contributed by atoms with Crippen molar-refractivity contribution in [2.24, 2.45) is 0 Å². The normalized spacial score (nSPS) is 9.35. The molecule has 17 heavy (non-hydrogen) atoms. The van der Waals surface area contributed by atoms with E-state index in [0.29, 0.717) is 11.5 Å². The Morgan fingerprint density at radius 2 is 1.71 bits per heavy atom. The second-order valence-electron chi connectivity index (χ2n) is 4.35. The molecule has 2 heteroatoms. The van der Waals surface area contributed by atoms with Gasteiger partial charge in [-0.05, 0) is 32.4 Å². The zero-order valence-electron chi connectivity index (χ0n) is 11.2. The minimum Gasteiger partial charge on any atom is -0.508 e. The average Bonchev–Trinajstić information content (AvgIpc) is 2.29. The molecule has 0 spiro atoms. The van der Waals surface area contributed by atoms with E-state index in [2.05, 4.69) is 6.92 Å². The van der Waals surface area contributed by atoms with Gasteiger partial charge in [-0.1, -0.05) is 43.9 Å². The smallest absolute Gasteiger partial charge is 0.129 e. The third kappa shape index (κ3) is 11.0. The molecule has 1 N–H and O–H groups in total. The quantitative estimate of drug-likeness (QED) is 0.776. The molecule has 96 valence electrons. The van der Waals surface area contributed by atoms with Crippen LogP contribution in [0.3, 0.4) is 0 Å². The first kappa shape index (κ1) is 15.7. The van der Waals surface area contributed by atoms with Crippen molar-refractivity contribution in [3.05, 3.63) is 29.8 Å². The molecule has 0 fully saturated rings. The van der Waals surface area contributed by atoms with Crippen molar-refractivity contribution in [1.29, 1.82) is 0 Å². The molecule has 0 amide bonds. The van der Waals surface area contributed by atoms with E-state index in [9.17, 15) is 4.79 Å². The van der Waals surface area contributed by atoms with Crippen LogP contribution in [0.2, 0.25) is 0 Å². The van der Waals surface area contributed by atoms with Crippen LogP contribution in [0.4, 0.5) is 0 Å². The molecule has 0 aliphatic rings. The lowest BCUT2D eigenvalue weighted by Crippen LogP contribution is -1.88. The average molecular weight is 236 g/mol. The number of ketones is 1. The van der Waals surface area contributed by atoms with E-state index in [1.165, 1.54) is 24.8 Å². The Hall–Kier alpha value is -1.31. The fraction of sp³-hybridized carbons (Fsp3) is 0.533. The summed E-state index contributed by atoms with van der Waals surface area (Å²) in [6.07, 6.45) is 5.60. The summed E-state index contributed by atoms with van der Waals surface area (Å²) in [5.41, 5.74) is 1.17. The second kappa shape index (κ2) is 9.88. The highest BCUT2D eigenvalue weighted by molar-refractivity contribution is 5.75. The van der Waals surface area contributed by atoms with Crippen LogP contribution in [0.5, 0.6) is 5.75 Å².